The average molecular weight is 416 g/mol. The van der Waals surface area contributed by atoms with E-state index in [2.05, 4.69) is 22.0 Å². The molecule has 0 spiro atoms. The van der Waals surface area contributed by atoms with Gasteiger partial charge in [0.25, 0.3) is 0 Å². The fourth-order valence-corrected chi connectivity index (χ4v) is 3.60. The molecule has 1 fully saturated rings. The van der Waals surface area contributed by atoms with Gasteiger partial charge in [0.2, 0.25) is 5.91 Å². The highest BCUT2D eigenvalue weighted by atomic mass is 19.1. The first-order chi connectivity index (χ1) is 14.4. The maximum atomic E-state index is 13.6. The summed E-state index contributed by atoms with van der Waals surface area (Å²) < 4.78 is 19.0. The van der Waals surface area contributed by atoms with Gasteiger partial charge in [-0.25, -0.2) is 4.39 Å². The Morgan fingerprint density at radius 1 is 1.23 bits per heavy atom. The topological polar surface area (TPSA) is 65.0 Å². The number of rotatable bonds is 8. The second-order valence-electron chi connectivity index (χ2n) is 7.89. The first-order valence-electron chi connectivity index (χ1n) is 10.3. The van der Waals surface area contributed by atoms with Crippen molar-refractivity contribution in [2.24, 2.45) is 0 Å². The minimum atomic E-state index is -0.719. The molecule has 0 aliphatic carbocycles. The number of carbonyl (C=O) groups excluding carboxylic acids is 1. The van der Waals surface area contributed by atoms with E-state index in [1.165, 1.54) is 6.07 Å². The third-order valence-corrected chi connectivity index (χ3v) is 5.26. The Morgan fingerprint density at radius 2 is 1.97 bits per heavy atom. The fraction of sp³-hybridized carbons (Fsp3) is 0.435. The van der Waals surface area contributed by atoms with Gasteiger partial charge in [-0.15, -0.1) is 0 Å². The minimum Gasteiger partial charge on any atom is -0.488 e. The molecular formula is C23H30FN3O3. The maximum Gasteiger partial charge on any atom is 0.238 e. The third-order valence-electron chi connectivity index (χ3n) is 5.26. The van der Waals surface area contributed by atoms with Crippen LogP contribution in [0.5, 0.6) is 5.75 Å². The number of hydrogen-bond acceptors (Lipinski definition) is 5. The molecule has 6 nitrogen and oxygen atoms in total. The summed E-state index contributed by atoms with van der Waals surface area (Å²) in [6.45, 7) is 7.13. The van der Waals surface area contributed by atoms with Crippen LogP contribution in [0.1, 0.15) is 12.5 Å². The van der Waals surface area contributed by atoms with Gasteiger partial charge < -0.3 is 15.2 Å². The number of benzene rings is 2. The SMILES string of the molecule is Cc1ccc(NC(=O)CN2CCN(C[C@@H](O)COc3ccccc3F)[C@@H](C)C2)cc1. The number of piperazine rings is 1. The molecular weight excluding hydrogens is 385 g/mol. The first-order valence-corrected chi connectivity index (χ1v) is 10.3. The monoisotopic (exact) mass is 415 g/mol. The second-order valence-corrected chi connectivity index (χ2v) is 7.89. The predicted molar refractivity (Wildman–Crippen MR) is 115 cm³/mol. The lowest BCUT2D eigenvalue weighted by Crippen LogP contribution is -2.55. The Bertz CT molecular complexity index is 831. The van der Waals surface area contributed by atoms with E-state index in [0.29, 0.717) is 13.1 Å². The van der Waals surface area contributed by atoms with E-state index < -0.39 is 11.9 Å². The fourth-order valence-electron chi connectivity index (χ4n) is 3.60. The number of carbonyl (C=O) groups is 1. The number of aliphatic hydroxyl groups is 1. The standard InChI is InChI=1S/C23H30FN3O3/c1-17-7-9-19(10-8-17)25-23(29)15-26-11-12-27(18(2)13-26)14-20(28)16-30-22-6-4-3-5-21(22)24/h3-10,18,20,28H,11-16H2,1-2H3,(H,25,29)/t18-,20+/m0/s1. The smallest absolute Gasteiger partial charge is 0.238 e. The van der Waals surface area contributed by atoms with Crippen molar-refractivity contribution in [3.05, 3.63) is 59.9 Å². The average Bonchev–Trinajstić information content (AvgIpc) is 2.71. The van der Waals surface area contributed by atoms with Crippen molar-refractivity contribution in [2.45, 2.75) is 26.0 Å². The van der Waals surface area contributed by atoms with Crippen LogP contribution in [-0.2, 0) is 4.79 Å². The van der Waals surface area contributed by atoms with Crippen molar-refractivity contribution in [3.8, 4) is 5.75 Å². The van der Waals surface area contributed by atoms with Crippen LogP contribution in [0.3, 0.4) is 0 Å². The highest BCUT2D eigenvalue weighted by Crippen LogP contribution is 2.16. The van der Waals surface area contributed by atoms with Gasteiger partial charge in [0.05, 0.1) is 6.54 Å². The van der Waals surface area contributed by atoms with Crippen LogP contribution in [0.25, 0.3) is 0 Å². The van der Waals surface area contributed by atoms with Gasteiger partial charge in [-0.2, -0.15) is 0 Å². The molecule has 2 atom stereocenters. The Balaban J connectivity index is 1.40. The largest absolute Gasteiger partial charge is 0.488 e. The van der Waals surface area contributed by atoms with Crippen LogP contribution in [0.2, 0.25) is 0 Å². The molecule has 0 bridgehead atoms. The van der Waals surface area contributed by atoms with Crippen LogP contribution >= 0.6 is 0 Å². The van der Waals surface area contributed by atoms with Crippen LogP contribution in [0.4, 0.5) is 10.1 Å². The first kappa shape index (κ1) is 22.2. The number of nitrogens with zero attached hydrogens (tertiary/aromatic N) is 2. The Labute approximate surface area is 177 Å². The summed E-state index contributed by atoms with van der Waals surface area (Å²) in [4.78, 5) is 16.6. The van der Waals surface area contributed by atoms with Crippen molar-refractivity contribution in [3.63, 3.8) is 0 Å². The number of halogens is 1. The van der Waals surface area contributed by atoms with Crippen molar-refractivity contribution in [1.82, 2.24) is 9.80 Å². The Kier molecular flexibility index (Phi) is 7.79. The molecule has 2 N–H and O–H groups in total. The Morgan fingerprint density at radius 3 is 2.67 bits per heavy atom. The molecule has 1 heterocycles. The summed E-state index contributed by atoms with van der Waals surface area (Å²) in [5.41, 5.74) is 1.95. The number of amides is 1. The van der Waals surface area contributed by atoms with Crippen molar-refractivity contribution < 1.29 is 19.0 Å². The van der Waals surface area contributed by atoms with Gasteiger partial charge in [-0.1, -0.05) is 29.8 Å². The van der Waals surface area contributed by atoms with E-state index in [-0.39, 0.29) is 24.3 Å². The molecule has 162 valence electrons. The van der Waals surface area contributed by atoms with Crippen molar-refractivity contribution in [2.75, 3.05) is 44.6 Å². The van der Waals surface area contributed by atoms with Crippen LogP contribution in [0.15, 0.2) is 48.5 Å². The third kappa shape index (κ3) is 6.52. The predicted octanol–water partition coefficient (Wildman–Crippen LogP) is 2.52. The van der Waals surface area contributed by atoms with Crippen LogP contribution in [0, 0.1) is 12.7 Å². The summed E-state index contributed by atoms with van der Waals surface area (Å²) in [5, 5.41) is 13.2. The lowest BCUT2D eigenvalue weighted by Gasteiger charge is -2.40. The quantitative estimate of drug-likeness (QED) is 0.694. The molecule has 3 rings (SSSR count). The molecule has 1 aliphatic rings. The van der Waals surface area contributed by atoms with E-state index in [9.17, 15) is 14.3 Å². The molecule has 0 saturated carbocycles. The van der Waals surface area contributed by atoms with Gasteiger partial charge in [-0.3, -0.25) is 14.6 Å². The minimum absolute atomic E-state index is 0.0298. The van der Waals surface area contributed by atoms with E-state index in [1.807, 2.05) is 31.2 Å². The molecule has 1 saturated heterocycles. The van der Waals surface area contributed by atoms with Gasteiger partial charge >= 0.3 is 0 Å². The lowest BCUT2D eigenvalue weighted by atomic mass is 10.1. The van der Waals surface area contributed by atoms with E-state index in [0.717, 1.165) is 30.9 Å². The number of nitrogens with one attached hydrogen (secondary N) is 1. The number of aliphatic hydroxyl groups excluding tert-OH is 1. The van der Waals surface area contributed by atoms with E-state index >= 15 is 0 Å². The van der Waals surface area contributed by atoms with Crippen LogP contribution in [-0.4, -0.2) is 72.3 Å². The van der Waals surface area contributed by atoms with Gasteiger partial charge in [-0.05, 0) is 38.1 Å². The molecule has 1 aliphatic heterocycles. The highest BCUT2D eigenvalue weighted by molar-refractivity contribution is 5.92. The zero-order valence-electron chi connectivity index (χ0n) is 17.6. The van der Waals surface area contributed by atoms with Crippen LogP contribution < -0.4 is 10.1 Å². The summed E-state index contributed by atoms with van der Waals surface area (Å²) in [5.74, 6) is -0.317. The summed E-state index contributed by atoms with van der Waals surface area (Å²) >= 11 is 0. The van der Waals surface area contributed by atoms with Gasteiger partial charge in [0, 0.05) is 37.9 Å². The zero-order chi connectivity index (χ0) is 21.5. The summed E-state index contributed by atoms with van der Waals surface area (Å²) in [6, 6.07) is 14.1. The molecule has 2 aromatic carbocycles. The molecule has 7 heteroatoms. The zero-order valence-corrected chi connectivity index (χ0v) is 17.6. The molecule has 1 amide bonds. The van der Waals surface area contributed by atoms with Crippen molar-refractivity contribution >= 4 is 11.6 Å². The molecule has 0 unspecified atom stereocenters. The second kappa shape index (κ2) is 10.5. The number of hydrogen-bond donors (Lipinski definition) is 2. The van der Waals surface area contributed by atoms with E-state index in [1.54, 1.807) is 18.2 Å². The maximum absolute atomic E-state index is 13.6. The molecule has 0 radical (unpaired) electrons. The normalized spacial score (nSPS) is 18.7. The van der Waals surface area contributed by atoms with Gasteiger partial charge in [0.1, 0.15) is 12.7 Å². The lowest BCUT2D eigenvalue weighted by molar-refractivity contribution is -0.118. The van der Waals surface area contributed by atoms with Crippen molar-refractivity contribution in [1.29, 1.82) is 0 Å². The molecule has 0 aromatic heterocycles. The van der Waals surface area contributed by atoms with Gasteiger partial charge in [0.15, 0.2) is 11.6 Å². The molecule has 30 heavy (non-hydrogen) atoms. The molecule has 2 aromatic rings. The number of β-amino-alcohol motifs (C(OH)–C–C–N with tert-alkyl or cyclic N) is 1. The number of aryl methyl sites for hydroxylation is 1. The number of ether oxygens (including phenoxy) is 1. The number of para-hydroxylation sites is 1. The van der Waals surface area contributed by atoms with E-state index in [4.69, 9.17) is 4.74 Å². The summed E-state index contributed by atoms with van der Waals surface area (Å²) in [6.07, 6.45) is -0.719. The summed E-state index contributed by atoms with van der Waals surface area (Å²) in [7, 11) is 0. The highest BCUT2D eigenvalue weighted by Gasteiger charge is 2.26. The number of anilines is 1. The Hall–Kier alpha value is -2.48.